The van der Waals surface area contributed by atoms with E-state index in [9.17, 15) is 4.79 Å². The molecule has 3 aromatic heterocycles. The van der Waals surface area contributed by atoms with Gasteiger partial charge >= 0.3 is 0 Å². The van der Waals surface area contributed by atoms with Crippen LogP contribution in [-0.2, 0) is 17.8 Å². The van der Waals surface area contributed by atoms with Crippen molar-refractivity contribution < 1.29 is 4.79 Å². The summed E-state index contributed by atoms with van der Waals surface area (Å²) in [4.78, 5) is 22.7. The molecule has 0 atom stereocenters. The predicted octanol–water partition coefficient (Wildman–Crippen LogP) is 2.33. The van der Waals surface area contributed by atoms with Crippen molar-refractivity contribution in [2.75, 3.05) is 0 Å². The van der Waals surface area contributed by atoms with Crippen LogP contribution in [0.3, 0.4) is 0 Å². The minimum absolute atomic E-state index is 0.0128. The standard InChI is InChI=1S/C13H14N4OS2/c1-8-11(20-9(2)15-8)6-14-12(18)5-10-7-17-3-4-19-13(17)16-10/h3-4,7H,5-6H2,1-2H3,(H,14,18). The average molecular weight is 306 g/mol. The maximum Gasteiger partial charge on any atom is 0.226 e. The molecule has 0 aliphatic rings. The van der Waals surface area contributed by atoms with Gasteiger partial charge in [0.05, 0.1) is 29.4 Å². The number of fused-ring (bicyclic) bond motifs is 1. The Hall–Kier alpha value is -1.73. The summed E-state index contributed by atoms with van der Waals surface area (Å²) in [6.07, 6.45) is 4.15. The first-order valence-electron chi connectivity index (χ1n) is 6.22. The molecule has 3 rings (SSSR count). The molecular formula is C13H14N4OS2. The van der Waals surface area contributed by atoms with Crippen molar-refractivity contribution >= 4 is 33.5 Å². The molecule has 0 saturated carbocycles. The third-order valence-corrected chi connectivity index (χ3v) is 4.77. The number of imidazole rings is 1. The van der Waals surface area contributed by atoms with Crippen LogP contribution in [-0.4, -0.2) is 20.3 Å². The van der Waals surface area contributed by atoms with Gasteiger partial charge in [0.1, 0.15) is 0 Å². The summed E-state index contributed by atoms with van der Waals surface area (Å²) < 4.78 is 1.93. The Balaban J connectivity index is 1.59. The number of aromatic nitrogens is 3. The Kier molecular flexibility index (Phi) is 3.54. The van der Waals surface area contributed by atoms with E-state index in [1.807, 2.05) is 36.0 Å². The summed E-state index contributed by atoms with van der Waals surface area (Å²) in [5.74, 6) is -0.0128. The molecule has 3 heterocycles. The number of nitrogens with one attached hydrogen (secondary N) is 1. The monoisotopic (exact) mass is 306 g/mol. The molecule has 1 N–H and O–H groups in total. The van der Waals surface area contributed by atoms with Crippen LogP contribution < -0.4 is 5.32 Å². The number of thiazole rings is 2. The maximum atomic E-state index is 11.9. The van der Waals surface area contributed by atoms with Crippen molar-refractivity contribution in [3.05, 3.63) is 39.0 Å². The van der Waals surface area contributed by atoms with Gasteiger partial charge in [0.2, 0.25) is 5.91 Å². The molecular weight excluding hydrogens is 292 g/mol. The lowest BCUT2D eigenvalue weighted by molar-refractivity contribution is -0.120. The zero-order valence-electron chi connectivity index (χ0n) is 11.2. The molecule has 0 bridgehead atoms. The quantitative estimate of drug-likeness (QED) is 0.805. The van der Waals surface area contributed by atoms with Crippen molar-refractivity contribution in [3.63, 3.8) is 0 Å². The van der Waals surface area contributed by atoms with Gasteiger partial charge in [0.15, 0.2) is 4.96 Å². The van der Waals surface area contributed by atoms with Crippen molar-refractivity contribution in [1.82, 2.24) is 19.7 Å². The largest absolute Gasteiger partial charge is 0.351 e. The number of aryl methyl sites for hydroxylation is 2. The summed E-state index contributed by atoms with van der Waals surface area (Å²) >= 11 is 3.19. The molecule has 0 saturated heterocycles. The summed E-state index contributed by atoms with van der Waals surface area (Å²) in [5, 5.41) is 5.93. The van der Waals surface area contributed by atoms with E-state index in [1.54, 1.807) is 22.7 Å². The number of carbonyl (C=O) groups is 1. The second-order valence-electron chi connectivity index (χ2n) is 4.52. The third-order valence-electron chi connectivity index (χ3n) is 2.93. The van der Waals surface area contributed by atoms with Gasteiger partial charge in [-0.1, -0.05) is 0 Å². The fraction of sp³-hybridized carbons (Fsp3) is 0.308. The van der Waals surface area contributed by atoms with Crippen LogP contribution in [0.1, 0.15) is 21.3 Å². The summed E-state index contributed by atoms with van der Waals surface area (Å²) in [5.41, 5.74) is 1.79. The van der Waals surface area contributed by atoms with Crippen molar-refractivity contribution in [2.24, 2.45) is 0 Å². The number of amides is 1. The van der Waals surface area contributed by atoms with E-state index < -0.39 is 0 Å². The van der Waals surface area contributed by atoms with Crippen LogP contribution in [0.25, 0.3) is 4.96 Å². The smallest absolute Gasteiger partial charge is 0.226 e. The van der Waals surface area contributed by atoms with Crippen LogP contribution in [0.4, 0.5) is 0 Å². The molecule has 0 unspecified atom stereocenters. The van der Waals surface area contributed by atoms with Crippen molar-refractivity contribution in [1.29, 1.82) is 0 Å². The van der Waals surface area contributed by atoms with Gasteiger partial charge in [-0.15, -0.1) is 22.7 Å². The Morgan fingerprint density at radius 2 is 2.25 bits per heavy atom. The zero-order chi connectivity index (χ0) is 14.1. The lowest BCUT2D eigenvalue weighted by Gasteiger charge is -2.02. The van der Waals surface area contributed by atoms with E-state index >= 15 is 0 Å². The molecule has 0 radical (unpaired) electrons. The molecule has 0 aliphatic carbocycles. The van der Waals surface area contributed by atoms with Gasteiger partial charge in [-0.2, -0.15) is 0 Å². The highest BCUT2D eigenvalue weighted by Crippen LogP contribution is 2.16. The fourth-order valence-corrected chi connectivity index (χ4v) is 3.60. The Bertz CT molecular complexity index is 727. The molecule has 0 aromatic carbocycles. The number of rotatable bonds is 4. The number of hydrogen-bond donors (Lipinski definition) is 1. The van der Waals surface area contributed by atoms with E-state index in [-0.39, 0.29) is 5.91 Å². The number of carbonyl (C=O) groups excluding carboxylic acids is 1. The zero-order valence-corrected chi connectivity index (χ0v) is 12.8. The van der Waals surface area contributed by atoms with E-state index in [0.29, 0.717) is 13.0 Å². The Morgan fingerprint density at radius 3 is 2.95 bits per heavy atom. The summed E-state index contributed by atoms with van der Waals surface area (Å²) in [7, 11) is 0. The molecule has 3 aromatic rings. The second-order valence-corrected chi connectivity index (χ2v) is 6.68. The first kappa shape index (κ1) is 13.3. The maximum absolute atomic E-state index is 11.9. The molecule has 104 valence electrons. The third kappa shape index (κ3) is 2.73. The highest BCUT2D eigenvalue weighted by atomic mass is 32.1. The molecule has 0 fully saturated rings. The second kappa shape index (κ2) is 5.34. The molecule has 0 aliphatic heterocycles. The number of hydrogen-bond acceptors (Lipinski definition) is 5. The first-order chi connectivity index (χ1) is 9.61. The van der Waals surface area contributed by atoms with Crippen LogP contribution in [0.15, 0.2) is 17.8 Å². The van der Waals surface area contributed by atoms with E-state index in [4.69, 9.17) is 0 Å². The normalized spacial score (nSPS) is 11.1. The van der Waals surface area contributed by atoms with E-state index in [0.717, 1.165) is 26.2 Å². The minimum Gasteiger partial charge on any atom is -0.351 e. The highest BCUT2D eigenvalue weighted by molar-refractivity contribution is 7.15. The molecule has 7 heteroatoms. The van der Waals surface area contributed by atoms with Gasteiger partial charge < -0.3 is 5.32 Å². The van der Waals surface area contributed by atoms with E-state index in [1.165, 1.54) is 0 Å². The minimum atomic E-state index is -0.0128. The summed E-state index contributed by atoms with van der Waals surface area (Å²) in [6.45, 7) is 4.48. The van der Waals surface area contributed by atoms with Crippen LogP contribution in [0, 0.1) is 13.8 Å². The van der Waals surface area contributed by atoms with Gasteiger partial charge in [0.25, 0.3) is 0 Å². The van der Waals surface area contributed by atoms with Crippen LogP contribution in [0.2, 0.25) is 0 Å². The SMILES string of the molecule is Cc1nc(C)c(CNC(=O)Cc2cn3ccsc3n2)s1. The van der Waals surface area contributed by atoms with Gasteiger partial charge in [-0.25, -0.2) is 9.97 Å². The molecule has 0 spiro atoms. The van der Waals surface area contributed by atoms with Gasteiger partial charge in [-0.05, 0) is 13.8 Å². The van der Waals surface area contributed by atoms with Gasteiger partial charge in [0, 0.05) is 22.7 Å². The van der Waals surface area contributed by atoms with Gasteiger partial charge in [-0.3, -0.25) is 9.20 Å². The molecule has 20 heavy (non-hydrogen) atoms. The van der Waals surface area contributed by atoms with Crippen LogP contribution in [0.5, 0.6) is 0 Å². The Labute approximate surface area is 124 Å². The fourth-order valence-electron chi connectivity index (χ4n) is 2.00. The lowest BCUT2D eigenvalue weighted by Crippen LogP contribution is -2.24. The predicted molar refractivity (Wildman–Crippen MR) is 80.2 cm³/mol. The van der Waals surface area contributed by atoms with Crippen molar-refractivity contribution in [3.8, 4) is 0 Å². The highest BCUT2D eigenvalue weighted by Gasteiger charge is 2.10. The average Bonchev–Trinajstić information content (AvgIpc) is 3.01. The molecule has 5 nitrogen and oxygen atoms in total. The van der Waals surface area contributed by atoms with E-state index in [2.05, 4.69) is 15.3 Å². The topological polar surface area (TPSA) is 59.3 Å². The molecule has 1 amide bonds. The lowest BCUT2D eigenvalue weighted by atomic mass is 10.3. The number of nitrogens with zero attached hydrogens (tertiary/aromatic N) is 3. The summed E-state index contributed by atoms with van der Waals surface area (Å²) in [6, 6.07) is 0. The van der Waals surface area contributed by atoms with Crippen LogP contribution >= 0.6 is 22.7 Å². The van der Waals surface area contributed by atoms with Crippen molar-refractivity contribution in [2.45, 2.75) is 26.8 Å². The Morgan fingerprint density at radius 1 is 1.40 bits per heavy atom. The first-order valence-corrected chi connectivity index (χ1v) is 7.92.